The second kappa shape index (κ2) is 7.00. The topological polar surface area (TPSA) is 42.0 Å². The zero-order valence-electron chi connectivity index (χ0n) is 12.7. The molecule has 0 aliphatic carbocycles. The van der Waals surface area contributed by atoms with Crippen LogP contribution < -0.4 is 5.32 Å². The number of aromatic nitrogens is 1. The zero-order valence-corrected chi connectivity index (χ0v) is 12.7. The van der Waals surface area contributed by atoms with E-state index in [2.05, 4.69) is 10.3 Å². The molecule has 1 N–H and O–H groups in total. The Kier molecular flexibility index (Phi) is 4.61. The summed E-state index contributed by atoms with van der Waals surface area (Å²) in [6.45, 7) is 0.232. The first-order valence-corrected chi connectivity index (χ1v) is 7.36. The summed E-state index contributed by atoms with van der Waals surface area (Å²) in [5, 5.41) is 2.71. The number of nitrogens with zero attached hydrogens (tertiary/aromatic N) is 1. The quantitative estimate of drug-likeness (QED) is 0.789. The van der Waals surface area contributed by atoms with Gasteiger partial charge < -0.3 is 5.32 Å². The molecule has 0 aliphatic rings. The zero-order chi connectivity index (χ0) is 16.9. The van der Waals surface area contributed by atoms with E-state index in [1.165, 1.54) is 30.5 Å². The molecule has 0 unspecified atom stereocenters. The lowest BCUT2D eigenvalue weighted by Gasteiger charge is -2.06. The van der Waals surface area contributed by atoms with Crippen LogP contribution >= 0.6 is 0 Å². The molecular formula is C19H14F2N2O. The van der Waals surface area contributed by atoms with Crippen molar-refractivity contribution in [2.24, 2.45) is 0 Å². The molecule has 1 amide bonds. The number of benzene rings is 2. The van der Waals surface area contributed by atoms with E-state index in [0.29, 0.717) is 16.8 Å². The average molecular weight is 324 g/mol. The Morgan fingerprint density at radius 3 is 2.42 bits per heavy atom. The molecule has 0 saturated carbocycles. The van der Waals surface area contributed by atoms with Crippen molar-refractivity contribution < 1.29 is 13.6 Å². The van der Waals surface area contributed by atoms with Gasteiger partial charge in [-0.3, -0.25) is 9.78 Å². The fourth-order valence-corrected chi connectivity index (χ4v) is 2.25. The minimum atomic E-state index is -0.341. The van der Waals surface area contributed by atoms with E-state index in [0.717, 1.165) is 5.56 Å². The lowest BCUT2D eigenvalue weighted by Crippen LogP contribution is -2.22. The van der Waals surface area contributed by atoms with E-state index in [-0.39, 0.29) is 24.1 Å². The van der Waals surface area contributed by atoms with Crippen LogP contribution in [0.3, 0.4) is 0 Å². The van der Waals surface area contributed by atoms with Gasteiger partial charge in [-0.05, 0) is 54.1 Å². The van der Waals surface area contributed by atoms with Gasteiger partial charge in [0.25, 0.3) is 5.91 Å². The Labute approximate surface area is 138 Å². The maximum Gasteiger partial charge on any atom is 0.253 e. The minimum absolute atomic E-state index is 0.232. The van der Waals surface area contributed by atoms with Crippen molar-refractivity contribution in [3.8, 4) is 11.3 Å². The van der Waals surface area contributed by atoms with E-state index >= 15 is 0 Å². The van der Waals surface area contributed by atoms with Gasteiger partial charge >= 0.3 is 0 Å². The minimum Gasteiger partial charge on any atom is -0.348 e. The van der Waals surface area contributed by atoms with Gasteiger partial charge in [0.15, 0.2) is 0 Å². The van der Waals surface area contributed by atoms with E-state index < -0.39 is 0 Å². The molecule has 0 radical (unpaired) electrons. The number of pyridine rings is 1. The lowest BCUT2D eigenvalue weighted by molar-refractivity contribution is 0.0950. The third-order valence-corrected chi connectivity index (χ3v) is 3.51. The molecule has 2 aromatic carbocycles. The predicted molar refractivity (Wildman–Crippen MR) is 87.2 cm³/mol. The molecular weight excluding hydrogens is 310 g/mol. The highest BCUT2D eigenvalue weighted by Crippen LogP contribution is 2.17. The molecule has 0 bridgehead atoms. The Hall–Kier alpha value is -3.08. The molecule has 0 spiro atoms. The molecule has 3 aromatic rings. The largest absolute Gasteiger partial charge is 0.348 e. The number of carbonyl (C=O) groups excluding carboxylic acids is 1. The Balaban J connectivity index is 1.66. The van der Waals surface area contributed by atoms with Crippen LogP contribution in [0.25, 0.3) is 11.3 Å². The van der Waals surface area contributed by atoms with Gasteiger partial charge in [0.2, 0.25) is 0 Å². The van der Waals surface area contributed by atoms with Crippen LogP contribution in [0.15, 0.2) is 66.9 Å². The number of rotatable bonds is 4. The van der Waals surface area contributed by atoms with Crippen LogP contribution in [0.2, 0.25) is 0 Å². The SMILES string of the molecule is O=C(NCc1cccc(F)c1)c1ccc(-c2ccc(F)cc2)nc1. The van der Waals surface area contributed by atoms with E-state index in [1.54, 1.807) is 36.4 Å². The fraction of sp³-hybridized carbons (Fsp3) is 0.0526. The van der Waals surface area contributed by atoms with Crippen molar-refractivity contribution in [1.29, 1.82) is 0 Å². The Morgan fingerprint density at radius 2 is 1.75 bits per heavy atom. The Bertz CT molecular complexity index is 846. The maximum absolute atomic E-state index is 13.1. The number of hydrogen-bond donors (Lipinski definition) is 1. The van der Waals surface area contributed by atoms with Crippen LogP contribution in [0, 0.1) is 11.6 Å². The third-order valence-electron chi connectivity index (χ3n) is 3.51. The molecule has 1 heterocycles. The molecule has 5 heteroatoms. The summed E-state index contributed by atoms with van der Waals surface area (Å²) in [5.41, 5.74) is 2.50. The monoisotopic (exact) mass is 324 g/mol. The average Bonchev–Trinajstić information content (AvgIpc) is 2.61. The summed E-state index contributed by atoms with van der Waals surface area (Å²) < 4.78 is 26.0. The number of halogens is 2. The van der Waals surface area contributed by atoms with Gasteiger partial charge in [-0.2, -0.15) is 0 Å². The van der Waals surface area contributed by atoms with Crippen molar-refractivity contribution in [3.05, 3.63) is 89.6 Å². The Morgan fingerprint density at radius 1 is 0.958 bits per heavy atom. The first kappa shape index (κ1) is 15.8. The third kappa shape index (κ3) is 3.81. The number of hydrogen-bond acceptors (Lipinski definition) is 2. The van der Waals surface area contributed by atoms with Crippen molar-refractivity contribution in [2.75, 3.05) is 0 Å². The van der Waals surface area contributed by atoms with Crippen LogP contribution in [-0.2, 0) is 6.54 Å². The summed E-state index contributed by atoms with van der Waals surface area (Å²) in [6, 6.07) is 15.4. The van der Waals surface area contributed by atoms with Gasteiger partial charge in [0, 0.05) is 18.3 Å². The lowest BCUT2D eigenvalue weighted by atomic mass is 10.1. The van der Waals surface area contributed by atoms with E-state index in [9.17, 15) is 13.6 Å². The van der Waals surface area contributed by atoms with E-state index in [4.69, 9.17) is 0 Å². The molecule has 1 aromatic heterocycles. The van der Waals surface area contributed by atoms with Crippen LogP contribution in [-0.4, -0.2) is 10.9 Å². The molecule has 3 rings (SSSR count). The van der Waals surface area contributed by atoms with Gasteiger partial charge in [0.05, 0.1) is 11.3 Å². The standard InChI is InChI=1S/C19H14F2N2O/c20-16-7-4-14(5-8-16)18-9-6-15(12-22-18)19(24)23-11-13-2-1-3-17(21)10-13/h1-10,12H,11H2,(H,23,24). The molecule has 120 valence electrons. The summed E-state index contributed by atoms with van der Waals surface area (Å²) in [4.78, 5) is 16.3. The van der Waals surface area contributed by atoms with Crippen LogP contribution in [0.5, 0.6) is 0 Å². The molecule has 24 heavy (non-hydrogen) atoms. The predicted octanol–water partition coefficient (Wildman–Crippen LogP) is 3.96. The first-order valence-electron chi connectivity index (χ1n) is 7.36. The summed E-state index contributed by atoms with van der Waals surface area (Å²) in [7, 11) is 0. The van der Waals surface area contributed by atoms with Crippen molar-refractivity contribution in [2.45, 2.75) is 6.54 Å². The first-order chi connectivity index (χ1) is 11.6. The second-order valence-electron chi connectivity index (χ2n) is 5.25. The van der Waals surface area contributed by atoms with Crippen LogP contribution in [0.1, 0.15) is 15.9 Å². The number of amides is 1. The second-order valence-corrected chi connectivity index (χ2v) is 5.25. The van der Waals surface area contributed by atoms with Crippen molar-refractivity contribution in [1.82, 2.24) is 10.3 Å². The number of nitrogens with one attached hydrogen (secondary N) is 1. The molecule has 0 saturated heterocycles. The van der Waals surface area contributed by atoms with Crippen LogP contribution in [0.4, 0.5) is 8.78 Å². The summed E-state index contributed by atoms with van der Waals surface area (Å²) in [5.74, 6) is -0.948. The van der Waals surface area contributed by atoms with Crippen molar-refractivity contribution >= 4 is 5.91 Å². The maximum atomic E-state index is 13.1. The molecule has 0 aliphatic heterocycles. The van der Waals surface area contributed by atoms with Gasteiger partial charge in [-0.1, -0.05) is 12.1 Å². The highest BCUT2D eigenvalue weighted by molar-refractivity contribution is 5.94. The highest BCUT2D eigenvalue weighted by Gasteiger charge is 2.07. The van der Waals surface area contributed by atoms with Crippen molar-refractivity contribution in [3.63, 3.8) is 0 Å². The molecule has 0 atom stereocenters. The summed E-state index contributed by atoms with van der Waals surface area (Å²) >= 11 is 0. The molecule has 0 fully saturated rings. The van der Waals surface area contributed by atoms with Gasteiger partial charge in [-0.25, -0.2) is 8.78 Å². The van der Waals surface area contributed by atoms with Gasteiger partial charge in [-0.15, -0.1) is 0 Å². The number of carbonyl (C=O) groups is 1. The van der Waals surface area contributed by atoms with E-state index in [1.807, 2.05) is 0 Å². The summed E-state index contributed by atoms with van der Waals surface area (Å²) in [6.07, 6.45) is 1.46. The highest BCUT2D eigenvalue weighted by atomic mass is 19.1. The smallest absolute Gasteiger partial charge is 0.253 e. The molecule has 3 nitrogen and oxygen atoms in total. The van der Waals surface area contributed by atoms with Gasteiger partial charge in [0.1, 0.15) is 11.6 Å². The fourth-order valence-electron chi connectivity index (χ4n) is 2.25. The normalized spacial score (nSPS) is 10.4.